The van der Waals surface area contributed by atoms with Crippen molar-refractivity contribution in [2.45, 2.75) is 17.3 Å². The summed E-state index contributed by atoms with van der Waals surface area (Å²) in [5.74, 6) is 0.674. The zero-order valence-electron chi connectivity index (χ0n) is 11.5. The molecule has 1 aromatic carbocycles. The number of nitrogens with zero attached hydrogens (tertiary/aromatic N) is 3. The fraction of sp³-hybridized carbons (Fsp3) is 0.308. The molecule has 0 spiro atoms. The van der Waals surface area contributed by atoms with E-state index >= 15 is 0 Å². The summed E-state index contributed by atoms with van der Waals surface area (Å²) in [6.45, 7) is 1.83. The third-order valence-corrected chi connectivity index (χ3v) is 3.83. The van der Waals surface area contributed by atoms with Crippen LogP contribution in [0.15, 0.2) is 35.7 Å². The highest BCUT2D eigenvalue weighted by molar-refractivity contribution is 8.00. The van der Waals surface area contributed by atoms with Crippen molar-refractivity contribution < 1.29 is 9.53 Å². The largest absolute Gasteiger partial charge is 0.497 e. The molecule has 106 valence electrons. The number of nitrogens with one attached hydrogen (secondary N) is 1. The van der Waals surface area contributed by atoms with E-state index in [0.717, 1.165) is 11.4 Å². The molecule has 0 aliphatic rings. The average molecular weight is 292 g/mol. The second-order valence-electron chi connectivity index (χ2n) is 4.20. The second-order valence-corrected chi connectivity index (χ2v) is 5.51. The van der Waals surface area contributed by atoms with Crippen LogP contribution in [-0.4, -0.2) is 33.0 Å². The Hall–Kier alpha value is -2.02. The van der Waals surface area contributed by atoms with Gasteiger partial charge in [-0.3, -0.25) is 4.79 Å². The summed E-state index contributed by atoms with van der Waals surface area (Å²) in [6, 6.07) is 7.21. The lowest BCUT2D eigenvalue weighted by Crippen LogP contribution is -2.22. The number of aromatic nitrogens is 3. The molecular weight excluding hydrogens is 276 g/mol. The van der Waals surface area contributed by atoms with E-state index in [1.807, 2.05) is 14.0 Å². The van der Waals surface area contributed by atoms with Gasteiger partial charge in [0, 0.05) is 12.7 Å². The highest BCUT2D eigenvalue weighted by Crippen LogP contribution is 2.22. The van der Waals surface area contributed by atoms with Crippen molar-refractivity contribution in [1.82, 2.24) is 14.8 Å². The lowest BCUT2D eigenvalue weighted by molar-refractivity contribution is -0.115. The van der Waals surface area contributed by atoms with Gasteiger partial charge in [-0.1, -0.05) is 11.8 Å². The number of benzene rings is 1. The van der Waals surface area contributed by atoms with Gasteiger partial charge in [-0.15, -0.1) is 10.2 Å². The van der Waals surface area contributed by atoms with Gasteiger partial charge in [0.05, 0.1) is 12.4 Å². The van der Waals surface area contributed by atoms with Gasteiger partial charge >= 0.3 is 0 Å². The molecule has 1 amide bonds. The quantitative estimate of drug-likeness (QED) is 0.853. The topological polar surface area (TPSA) is 69.0 Å². The summed E-state index contributed by atoms with van der Waals surface area (Å²) in [5, 5.41) is 11.0. The molecule has 7 heteroatoms. The smallest absolute Gasteiger partial charge is 0.237 e. The highest BCUT2D eigenvalue weighted by Gasteiger charge is 2.17. The van der Waals surface area contributed by atoms with Gasteiger partial charge in [0.2, 0.25) is 5.91 Å². The van der Waals surface area contributed by atoms with Crippen molar-refractivity contribution in [3.05, 3.63) is 30.6 Å². The molecule has 0 aliphatic heterocycles. The normalized spacial score (nSPS) is 11.9. The summed E-state index contributed by atoms with van der Waals surface area (Å²) in [7, 11) is 3.45. The Labute approximate surface area is 121 Å². The molecule has 2 aromatic rings. The van der Waals surface area contributed by atoms with Crippen LogP contribution in [0.1, 0.15) is 6.92 Å². The number of carbonyl (C=O) groups is 1. The minimum Gasteiger partial charge on any atom is -0.497 e. The first kappa shape index (κ1) is 14.4. The van der Waals surface area contributed by atoms with E-state index in [2.05, 4.69) is 15.5 Å². The van der Waals surface area contributed by atoms with E-state index in [1.165, 1.54) is 11.8 Å². The molecular formula is C13H16N4O2S. The van der Waals surface area contributed by atoms with E-state index in [1.54, 1.807) is 42.3 Å². The van der Waals surface area contributed by atoms with E-state index in [4.69, 9.17) is 4.74 Å². The summed E-state index contributed by atoms with van der Waals surface area (Å²) >= 11 is 1.36. The molecule has 0 bridgehead atoms. The Balaban J connectivity index is 1.95. The van der Waals surface area contributed by atoms with Crippen LogP contribution < -0.4 is 10.1 Å². The molecule has 1 N–H and O–H groups in total. The van der Waals surface area contributed by atoms with E-state index in [0.29, 0.717) is 5.16 Å². The number of amides is 1. The fourth-order valence-electron chi connectivity index (χ4n) is 1.51. The number of rotatable bonds is 5. The van der Waals surface area contributed by atoms with Gasteiger partial charge in [-0.05, 0) is 31.2 Å². The van der Waals surface area contributed by atoms with E-state index in [9.17, 15) is 4.79 Å². The maximum Gasteiger partial charge on any atom is 0.237 e. The number of hydrogen-bond acceptors (Lipinski definition) is 5. The van der Waals surface area contributed by atoms with Crippen LogP contribution in [0.25, 0.3) is 0 Å². The number of aryl methyl sites for hydroxylation is 1. The van der Waals surface area contributed by atoms with Crippen molar-refractivity contribution >= 4 is 23.4 Å². The van der Waals surface area contributed by atoms with Gasteiger partial charge in [-0.2, -0.15) is 0 Å². The molecule has 6 nitrogen and oxygen atoms in total. The van der Waals surface area contributed by atoms with Gasteiger partial charge in [0.25, 0.3) is 0 Å². The first-order valence-electron chi connectivity index (χ1n) is 6.05. The van der Waals surface area contributed by atoms with Crippen molar-refractivity contribution in [3.8, 4) is 5.75 Å². The van der Waals surface area contributed by atoms with Crippen LogP contribution in [0.4, 0.5) is 5.69 Å². The maximum atomic E-state index is 12.1. The summed E-state index contributed by atoms with van der Waals surface area (Å²) in [4.78, 5) is 12.1. The standard InChI is InChI=1S/C13H16N4O2S/c1-9(20-13-16-14-8-17(13)2)12(18)15-10-4-6-11(19-3)7-5-10/h4-9H,1-3H3,(H,15,18)/t9-/m1/s1. The lowest BCUT2D eigenvalue weighted by Gasteiger charge is -2.11. The number of thioether (sulfide) groups is 1. The molecule has 1 heterocycles. The Morgan fingerprint density at radius 1 is 1.40 bits per heavy atom. The predicted octanol–water partition coefficient (Wildman–Crippen LogP) is 1.94. The summed E-state index contributed by atoms with van der Waals surface area (Å²) in [6.07, 6.45) is 1.61. The minimum absolute atomic E-state index is 0.0804. The SMILES string of the molecule is COc1ccc(NC(=O)[C@@H](C)Sc2nncn2C)cc1. The van der Waals surface area contributed by atoms with Crippen LogP contribution in [0.3, 0.4) is 0 Å². The van der Waals surface area contributed by atoms with E-state index in [-0.39, 0.29) is 11.2 Å². The van der Waals surface area contributed by atoms with Crippen molar-refractivity contribution in [3.63, 3.8) is 0 Å². The van der Waals surface area contributed by atoms with E-state index < -0.39 is 0 Å². The monoisotopic (exact) mass is 292 g/mol. The molecule has 0 aliphatic carbocycles. The van der Waals surface area contributed by atoms with Crippen molar-refractivity contribution in [2.75, 3.05) is 12.4 Å². The molecule has 1 aromatic heterocycles. The molecule has 0 fully saturated rings. The van der Waals surface area contributed by atoms with Gasteiger partial charge in [0.15, 0.2) is 5.16 Å². The first-order chi connectivity index (χ1) is 9.60. The van der Waals surface area contributed by atoms with Gasteiger partial charge in [-0.25, -0.2) is 0 Å². The summed E-state index contributed by atoms with van der Waals surface area (Å²) < 4.78 is 6.85. The average Bonchev–Trinajstić information content (AvgIpc) is 2.85. The summed E-state index contributed by atoms with van der Waals surface area (Å²) in [5.41, 5.74) is 0.737. The molecule has 0 saturated carbocycles. The Morgan fingerprint density at radius 2 is 2.10 bits per heavy atom. The number of methoxy groups -OCH3 is 1. The zero-order chi connectivity index (χ0) is 14.5. The number of anilines is 1. The third kappa shape index (κ3) is 3.51. The molecule has 0 unspecified atom stereocenters. The molecule has 2 rings (SSSR count). The number of ether oxygens (including phenoxy) is 1. The van der Waals surface area contributed by atoms with Crippen LogP contribution in [0.2, 0.25) is 0 Å². The molecule has 20 heavy (non-hydrogen) atoms. The fourth-order valence-corrected chi connectivity index (χ4v) is 2.30. The van der Waals surface area contributed by atoms with Crippen molar-refractivity contribution in [2.24, 2.45) is 7.05 Å². The highest BCUT2D eigenvalue weighted by atomic mass is 32.2. The molecule has 0 radical (unpaired) electrons. The predicted molar refractivity (Wildman–Crippen MR) is 77.9 cm³/mol. The lowest BCUT2D eigenvalue weighted by atomic mass is 10.3. The minimum atomic E-state index is -0.264. The molecule has 1 atom stereocenters. The Morgan fingerprint density at radius 3 is 2.65 bits per heavy atom. The van der Waals surface area contributed by atoms with Crippen LogP contribution >= 0.6 is 11.8 Å². The Kier molecular flexibility index (Phi) is 4.62. The Bertz CT molecular complexity index is 582. The van der Waals surface area contributed by atoms with Gasteiger partial charge < -0.3 is 14.6 Å². The third-order valence-electron chi connectivity index (χ3n) is 2.68. The molecule has 0 saturated heterocycles. The first-order valence-corrected chi connectivity index (χ1v) is 6.93. The van der Waals surface area contributed by atoms with Crippen LogP contribution in [-0.2, 0) is 11.8 Å². The van der Waals surface area contributed by atoms with Crippen molar-refractivity contribution in [1.29, 1.82) is 0 Å². The van der Waals surface area contributed by atoms with Gasteiger partial charge in [0.1, 0.15) is 12.1 Å². The number of hydrogen-bond donors (Lipinski definition) is 1. The van der Waals surface area contributed by atoms with Crippen LogP contribution in [0.5, 0.6) is 5.75 Å². The zero-order valence-corrected chi connectivity index (χ0v) is 12.3. The number of carbonyl (C=O) groups excluding carboxylic acids is 1. The second kappa shape index (κ2) is 6.42. The van der Waals surface area contributed by atoms with Crippen LogP contribution in [0, 0.1) is 0 Å². The maximum absolute atomic E-state index is 12.1.